The molecule has 3 N–H and O–H groups in total. The van der Waals surface area contributed by atoms with Gasteiger partial charge in [-0.25, -0.2) is 0 Å². The maximum Gasteiger partial charge on any atom is 0.238 e. The minimum Gasteiger partial charge on any atom is -0.325 e. The lowest BCUT2D eigenvalue weighted by Gasteiger charge is -2.06. The molecule has 0 radical (unpaired) electrons. The van der Waals surface area contributed by atoms with Gasteiger partial charge in [0.1, 0.15) is 0 Å². The number of rotatable bonds is 2. The molecule has 0 heterocycles. The number of carbonyl (C=O) groups is 1. The Morgan fingerprint density at radius 3 is 2.92 bits per heavy atom. The summed E-state index contributed by atoms with van der Waals surface area (Å²) in [6.07, 6.45) is 0. The standard InChI is InChI=1S/C9H11ClN2O/c1-6-2-3-7(10)4-8(6)12-9(13)5-11/h2-4H,5,11H2,1H3,(H,12,13). The molecule has 0 saturated heterocycles. The zero-order chi connectivity index (χ0) is 9.84. The van der Waals surface area contributed by atoms with Crippen LogP contribution in [-0.2, 0) is 4.79 Å². The van der Waals surface area contributed by atoms with Crippen molar-refractivity contribution >= 4 is 23.2 Å². The first kappa shape index (κ1) is 10.0. The van der Waals surface area contributed by atoms with E-state index in [9.17, 15) is 4.79 Å². The van der Waals surface area contributed by atoms with E-state index in [0.717, 1.165) is 5.56 Å². The van der Waals surface area contributed by atoms with Crippen molar-refractivity contribution in [2.45, 2.75) is 6.92 Å². The van der Waals surface area contributed by atoms with Crippen LogP contribution in [0, 0.1) is 6.92 Å². The normalized spacial score (nSPS) is 9.77. The van der Waals surface area contributed by atoms with Gasteiger partial charge in [-0.2, -0.15) is 0 Å². The molecule has 0 unspecified atom stereocenters. The number of nitrogens with one attached hydrogen (secondary N) is 1. The van der Waals surface area contributed by atoms with Gasteiger partial charge in [0.2, 0.25) is 5.91 Å². The van der Waals surface area contributed by atoms with Gasteiger partial charge in [-0.05, 0) is 24.6 Å². The van der Waals surface area contributed by atoms with Gasteiger partial charge < -0.3 is 11.1 Å². The average Bonchev–Trinajstić information content (AvgIpc) is 2.11. The largest absolute Gasteiger partial charge is 0.325 e. The minimum atomic E-state index is -0.217. The fourth-order valence-corrected chi connectivity index (χ4v) is 1.10. The second-order valence-electron chi connectivity index (χ2n) is 2.71. The van der Waals surface area contributed by atoms with E-state index >= 15 is 0 Å². The minimum absolute atomic E-state index is 0.0219. The highest BCUT2D eigenvalue weighted by Crippen LogP contribution is 2.19. The fourth-order valence-electron chi connectivity index (χ4n) is 0.930. The van der Waals surface area contributed by atoms with Gasteiger partial charge in [0.05, 0.1) is 6.54 Å². The Balaban J connectivity index is 2.87. The van der Waals surface area contributed by atoms with E-state index in [1.54, 1.807) is 12.1 Å². The molecule has 0 aromatic heterocycles. The van der Waals surface area contributed by atoms with Crippen LogP contribution in [0.15, 0.2) is 18.2 Å². The molecule has 0 aliphatic carbocycles. The van der Waals surface area contributed by atoms with Crippen LogP contribution in [0.2, 0.25) is 5.02 Å². The molecule has 3 nitrogen and oxygen atoms in total. The summed E-state index contributed by atoms with van der Waals surface area (Å²) in [5.74, 6) is -0.217. The molecule has 0 spiro atoms. The maximum absolute atomic E-state index is 11.0. The summed E-state index contributed by atoms with van der Waals surface area (Å²) in [4.78, 5) is 11.0. The predicted octanol–water partition coefficient (Wildman–Crippen LogP) is 1.55. The Labute approximate surface area is 81.9 Å². The molecule has 70 valence electrons. The lowest BCUT2D eigenvalue weighted by Crippen LogP contribution is -2.22. The van der Waals surface area contributed by atoms with Crippen LogP contribution in [0.25, 0.3) is 0 Å². The van der Waals surface area contributed by atoms with Gasteiger partial charge >= 0.3 is 0 Å². The monoisotopic (exact) mass is 198 g/mol. The van der Waals surface area contributed by atoms with Crippen molar-refractivity contribution in [2.75, 3.05) is 11.9 Å². The summed E-state index contributed by atoms with van der Waals surface area (Å²) in [6, 6.07) is 5.31. The third kappa shape index (κ3) is 2.72. The number of halogens is 1. The van der Waals surface area contributed by atoms with Gasteiger partial charge in [0.25, 0.3) is 0 Å². The summed E-state index contributed by atoms with van der Waals surface area (Å²) in [7, 11) is 0. The molecule has 1 rings (SSSR count). The van der Waals surface area contributed by atoms with Crippen LogP contribution >= 0.6 is 11.6 Å². The first-order chi connectivity index (χ1) is 6.13. The smallest absolute Gasteiger partial charge is 0.238 e. The van der Waals surface area contributed by atoms with Crippen LogP contribution in [0.1, 0.15) is 5.56 Å². The Kier molecular flexibility index (Phi) is 3.28. The summed E-state index contributed by atoms with van der Waals surface area (Å²) in [5, 5.41) is 3.25. The third-order valence-corrected chi connectivity index (χ3v) is 1.89. The number of nitrogens with two attached hydrogens (primary N) is 1. The first-order valence-corrected chi connectivity index (χ1v) is 4.27. The van der Waals surface area contributed by atoms with Crippen molar-refractivity contribution in [1.82, 2.24) is 0 Å². The molecule has 1 amide bonds. The maximum atomic E-state index is 11.0. The second kappa shape index (κ2) is 4.25. The molecular formula is C9H11ClN2O. The topological polar surface area (TPSA) is 55.1 Å². The summed E-state index contributed by atoms with van der Waals surface area (Å²) < 4.78 is 0. The number of amides is 1. The molecule has 0 saturated carbocycles. The van der Waals surface area contributed by atoms with Gasteiger partial charge in [0, 0.05) is 10.7 Å². The van der Waals surface area contributed by atoms with Crippen LogP contribution < -0.4 is 11.1 Å². The highest BCUT2D eigenvalue weighted by Gasteiger charge is 2.02. The summed E-state index contributed by atoms with van der Waals surface area (Å²) in [6.45, 7) is 1.87. The Bertz CT molecular complexity index is 325. The van der Waals surface area contributed by atoms with E-state index < -0.39 is 0 Å². The van der Waals surface area contributed by atoms with E-state index in [-0.39, 0.29) is 12.5 Å². The number of anilines is 1. The van der Waals surface area contributed by atoms with E-state index in [1.165, 1.54) is 0 Å². The number of carbonyl (C=O) groups excluding carboxylic acids is 1. The molecule has 1 aromatic carbocycles. The van der Waals surface area contributed by atoms with Crippen LogP contribution in [0.3, 0.4) is 0 Å². The molecule has 0 atom stereocenters. The first-order valence-electron chi connectivity index (χ1n) is 3.89. The molecule has 0 aliphatic heterocycles. The van der Waals surface area contributed by atoms with Crippen molar-refractivity contribution in [2.24, 2.45) is 5.73 Å². The zero-order valence-electron chi connectivity index (χ0n) is 7.30. The van der Waals surface area contributed by atoms with Crippen molar-refractivity contribution < 1.29 is 4.79 Å². The van der Waals surface area contributed by atoms with Gasteiger partial charge in [-0.1, -0.05) is 17.7 Å². The van der Waals surface area contributed by atoms with Crippen LogP contribution in [0.5, 0.6) is 0 Å². The van der Waals surface area contributed by atoms with E-state index in [1.807, 2.05) is 13.0 Å². The average molecular weight is 199 g/mol. The zero-order valence-corrected chi connectivity index (χ0v) is 8.06. The Morgan fingerprint density at radius 1 is 1.62 bits per heavy atom. The summed E-state index contributed by atoms with van der Waals surface area (Å²) >= 11 is 5.76. The van der Waals surface area contributed by atoms with E-state index in [4.69, 9.17) is 17.3 Å². The number of benzene rings is 1. The molecule has 0 fully saturated rings. The second-order valence-corrected chi connectivity index (χ2v) is 3.15. The highest BCUT2D eigenvalue weighted by molar-refractivity contribution is 6.31. The SMILES string of the molecule is Cc1ccc(Cl)cc1NC(=O)CN. The van der Waals surface area contributed by atoms with Gasteiger partial charge in [0.15, 0.2) is 0 Å². The molecule has 4 heteroatoms. The number of aryl methyl sites for hydroxylation is 1. The quantitative estimate of drug-likeness (QED) is 0.758. The summed E-state index contributed by atoms with van der Waals surface area (Å²) in [5.41, 5.74) is 6.84. The number of hydrogen-bond donors (Lipinski definition) is 2. The Morgan fingerprint density at radius 2 is 2.31 bits per heavy atom. The van der Waals surface area contributed by atoms with Crippen molar-refractivity contribution in [3.8, 4) is 0 Å². The molecule has 13 heavy (non-hydrogen) atoms. The highest BCUT2D eigenvalue weighted by atomic mass is 35.5. The van der Waals surface area contributed by atoms with Crippen LogP contribution in [-0.4, -0.2) is 12.5 Å². The molecular weight excluding hydrogens is 188 g/mol. The molecule has 1 aromatic rings. The third-order valence-electron chi connectivity index (χ3n) is 1.66. The van der Waals surface area contributed by atoms with E-state index in [0.29, 0.717) is 10.7 Å². The van der Waals surface area contributed by atoms with Crippen LogP contribution in [0.4, 0.5) is 5.69 Å². The predicted molar refractivity (Wildman–Crippen MR) is 53.9 cm³/mol. The number of hydrogen-bond acceptors (Lipinski definition) is 2. The Hall–Kier alpha value is -1.06. The lowest BCUT2D eigenvalue weighted by molar-refractivity contribution is -0.114. The van der Waals surface area contributed by atoms with Gasteiger partial charge in [-0.15, -0.1) is 0 Å². The van der Waals surface area contributed by atoms with Crippen molar-refractivity contribution in [3.63, 3.8) is 0 Å². The molecule has 0 bridgehead atoms. The lowest BCUT2D eigenvalue weighted by atomic mass is 10.2. The molecule has 0 aliphatic rings. The fraction of sp³-hybridized carbons (Fsp3) is 0.222. The van der Waals surface area contributed by atoms with E-state index in [2.05, 4.69) is 5.32 Å². The van der Waals surface area contributed by atoms with Crippen molar-refractivity contribution in [3.05, 3.63) is 28.8 Å². The van der Waals surface area contributed by atoms with Gasteiger partial charge in [-0.3, -0.25) is 4.79 Å². The van der Waals surface area contributed by atoms with Crippen molar-refractivity contribution in [1.29, 1.82) is 0 Å².